The topological polar surface area (TPSA) is 72.8 Å². The minimum atomic E-state index is -0.620. The van der Waals surface area contributed by atoms with E-state index >= 15 is 0 Å². The predicted molar refractivity (Wildman–Crippen MR) is 95.4 cm³/mol. The van der Waals surface area contributed by atoms with Gasteiger partial charge in [0.2, 0.25) is 0 Å². The molecule has 3 fully saturated rings. The number of aliphatic hydroxyl groups is 1. The Morgan fingerprint density at radius 3 is 2.77 bits per heavy atom. The number of ketones is 1. The highest BCUT2D eigenvalue weighted by Gasteiger charge is 2.61. The van der Waals surface area contributed by atoms with Gasteiger partial charge in [0.25, 0.3) is 0 Å². The van der Waals surface area contributed by atoms with E-state index in [-0.39, 0.29) is 22.9 Å². The summed E-state index contributed by atoms with van der Waals surface area (Å²) in [4.78, 5) is 24.0. The van der Waals surface area contributed by atoms with E-state index in [9.17, 15) is 14.7 Å². The van der Waals surface area contributed by atoms with E-state index in [2.05, 4.69) is 24.7 Å². The number of aliphatic hydroxyl groups excluding tert-OH is 1. The fourth-order valence-corrected chi connectivity index (χ4v) is 6.82. The number of carbonyl (C=O) groups is 2. The zero-order chi connectivity index (χ0) is 18.7. The number of Topliss-reactive ketones (excluding diaryl/α,β-unsaturated/α-hetero) is 1. The van der Waals surface area contributed by atoms with Crippen LogP contribution in [-0.4, -0.2) is 36.4 Å². The molecule has 5 nitrogen and oxygen atoms in total. The number of fused-ring (bicyclic) bond motifs is 5. The van der Waals surface area contributed by atoms with Crippen molar-refractivity contribution < 1.29 is 24.2 Å². The van der Waals surface area contributed by atoms with Crippen LogP contribution in [0.15, 0.2) is 11.6 Å². The molecule has 1 N–H and O–H groups in total. The summed E-state index contributed by atoms with van der Waals surface area (Å²) in [6.45, 7) is 4.35. The third kappa shape index (κ3) is 2.46. The van der Waals surface area contributed by atoms with Crippen molar-refractivity contribution in [3.05, 3.63) is 11.6 Å². The van der Waals surface area contributed by atoms with Gasteiger partial charge in [-0.05, 0) is 55.3 Å². The van der Waals surface area contributed by atoms with Crippen LogP contribution >= 0.6 is 0 Å². The molecule has 0 aliphatic heterocycles. The van der Waals surface area contributed by atoms with E-state index in [1.807, 2.05) is 0 Å². The zero-order valence-corrected chi connectivity index (χ0v) is 16.0. The van der Waals surface area contributed by atoms with Crippen LogP contribution in [0, 0.1) is 28.6 Å². The second-order valence-corrected chi connectivity index (χ2v) is 9.27. The third-order valence-electron chi connectivity index (χ3n) is 8.13. The fraction of sp³-hybridized carbons (Fsp3) is 0.810. The van der Waals surface area contributed by atoms with Gasteiger partial charge in [-0.1, -0.05) is 25.5 Å². The van der Waals surface area contributed by atoms with Gasteiger partial charge in [-0.25, -0.2) is 4.79 Å². The maximum absolute atomic E-state index is 12.5. The Balaban J connectivity index is 1.61. The highest BCUT2D eigenvalue weighted by molar-refractivity contribution is 5.87. The second-order valence-electron chi connectivity index (χ2n) is 9.27. The monoisotopic (exact) mass is 362 g/mol. The Bertz CT molecular complexity index is 655. The third-order valence-corrected chi connectivity index (χ3v) is 8.13. The van der Waals surface area contributed by atoms with Crippen molar-refractivity contribution in [2.24, 2.45) is 28.6 Å². The van der Waals surface area contributed by atoms with Gasteiger partial charge in [-0.3, -0.25) is 4.79 Å². The van der Waals surface area contributed by atoms with Crippen molar-refractivity contribution in [1.29, 1.82) is 0 Å². The highest BCUT2D eigenvalue weighted by atomic mass is 16.7. The van der Waals surface area contributed by atoms with Crippen LogP contribution in [0.2, 0.25) is 0 Å². The van der Waals surface area contributed by atoms with Crippen LogP contribution in [0.1, 0.15) is 58.8 Å². The van der Waals surface area contributed by atoms with Crippen molar-refractivity contribution >= 4 is 11.9 Å². The molecule has 0 heterocycles. The standard InChI is InChI=1S/C21H30O5/c1-20-9-8-13(26-19(24)25-3)10-12(20)4-5-14-15-6-7-17(23)21(15,2)11-16(22)18(14)20/h4,13-16,18,22H,5-11H2,1-3H3/t13-,14?,15?,16?,18?,20-,21-/m0/s1. The molecule has 0 saturated heterocycles. The molecular weight excluding hydrogens is 332 g/mol. The minimum absolute atomic E-state index is 0.0642. The van der Waals surface area contributed by atoms with Gasteiger partial charge in [0.15, 0.2) is 0 Å². The van der Waals surface area contributed by atoms with E-state index in [0.717, 1.165) is 32.1 Å². The first-order chi connectivity index (χ1) is 12.3. The number of ether oxygens (including phenoxy) is 2. The molecule has 5 heteroatoms. The molecular formula is C21H30O5. The Morgan fingerprint density at radius 1 is 1.27 bits per heavy atom. The summed E-state index contributed by atoms with van der Waals surface area (Å²) in [5, 5.41) is 11.1. The molecule has 4 aliphatic rings. The molecule has 4 rings (SSSR count). The minimum Gasteiger partial charge on any atom is -0.438 e. The van der Waals surface area contributed by atoms with Crippen LogP contribution < -0.4 is 0 Å². The van der Waals surface area contributed by atoms with Crippen molar-refractivity contribution in [1.82, 2.24) is 0 Å². The molecule has 0 radical (unpaired) electrons. The Hall–Kier alpha value is -1.36. The van der Waals surface area contributed by atoms with Crippen LogP contribution in [0.5, 0.6) is 0 Å². The largest absolute Gasteiger partial charge is 0.508 e. The molecule has 4 unspecified atom stereocenters. The average molecular weight is 362 g/mol. The Kier molecular flexibility index (Phi) is 4.22. The van der Waals surface area contributed by atoms with Gasteiger partial charge in [-0.2, -0.15) is 0 Å². The second kappa shape index (κ2) is 6.08. The van der Waals surface area contributed by atoms with E-state index in [1.54, 1.807) is 0 Å². The first-order valence-corrected chi connectivity index (χ1v) is 9.95. The number of hydrogen-bond donors (Lipinski definition) is 1. The first kappa shape index (κ1) is 18.0. The van der Waals surface area contributed by atoms with Crippen molar-refractivity contribution in [2.45, 2.75) is 71.0 Å². The maximum Gasteiger partial charge on any atom is 0.508 e. The summed E-state index contributed by atoms with van der Waals surface area (Å²) in [6, 6.07) is 0. The van der Waals surface area contributed by atoms with Crippen molar-refractivity contribution in [2.75, 3.05) is 7.11 Å². The normalized spacial score (nSPS) is 47.3. The zero-order valence-electron chi connectivity index (χ0n) is 16.0. The average Bonchev–Trinajstić information content (AvgIpc) is 2.89. The molecule has 0 aromatic heterocycles. The summed E-state index contributed by atoms with van der Waals surface area (Å²) in [5.74, 6) is 1.31. The van der Waals surface area contributed by atoms with E-state index < -0.39 is 12.3 Å². The van der Waals surface area contributed by atoms with Crippen LogP contribution in [0.3, 0.4) is 0 Å². The number of rotatable bonds is 1. The molecule has 0 aromatic rings. The van der Waals surface area contributed by atoms with Gasteiger partial charge in [0.05, 0.1) is 13.2 Å². The molecule has 0 bridgehead atoms. The fourth-order valence-electron chi connectivity index (χ4n) is 6.82. The number of methoxy groups -OCH3 is 1. The summed E-state index contributed by atoms with van der Waals surface area (Å²) in [6.07, 6.45) is 6.69. The van der Waals surface area contributed by atoms with Gasteiger partial charge in [-0.15, -0.1) is 0 Å². The number of allylic oxidation sites excluding steroid dienone is 1. The molecule has 7 atom stereocenters. The molecule has 0 amide bonds. The van der Waals surface area contributed by atoms with Gasteiger partial charge >= 0.3 is 6.16 Å². The van der Waals surface area contributed by atoms with Crippen molar-refractivity contribution in [3.63, 3.8) is 0 Å². The van der Waals surface area contributed by atoms with Crippen LogP contribution in [-0.2, 0) is 14.3 Å². The summed E-state index contributed by atoms with van der Waals surface area (Å²) in [7, 11) is 1.33. The molecule has 0 aromatic carbocycles. The summed E-state index contributed by atoms with van der Waals surface area (Å²) in [5.41, 5.74) is 0.907. The van der Waals surface area contributed by atoms with Crippen LogP contribution in [0.4, 0.5) is 4.79 Å². The lowest BCUT2D eigenvalue weighted by Gasteiger charge is -2.58. The molecule has 0 spiro atoms. The smallest absolute Gasteiger partial charge is 0.438 e. The molecule has 4 aliphatic carbocycles. The van der Waals surface area contributed by atoms with E-state index in [4.69, 9.17) is 4.74 Å². The Labute approximate surface area is 155 Å². The lowest BCUT2D eigenvalue weighted by atomic mass is 9.47. The lowest BCUT2D eigenvalue weighted by Crippen LogP contribution is -2.56. The maximum atomic E-state index is 12.5. The van der Waals surface area contributed by atoms with E-state index in [0.29, 0.717) is 30.5 Å². The highest BCUT2D eigenvalue weighted by Crippen LogP contribution is 2.64. The summed E-state index contributed by atoms with van der Waals surface area (Å²) < 4.78 is 10.0. The van der Waals surface area contributed by atoms with Crippen molar-refractivity contribution in [3.8, 4) is 0 Å². The quantitative estimate of drug-likeness (QED) is 0.569. The van der Waals surface area contributed by atoms with E-state index in [1.165, 1.54) is 12.7 Å². The first-order valence-electron chi connectivity index (χ1n) is 9.95. The number of hydrogen-bond acceptors (Lipinski definition) is 5. The molecule has 144 valence electrons. The number of carbonyl (C=O) groups excluding carboxylic acids is 2. The van der Waals surface area contributed by atoms with Gasteiger partial charge < -0.3 is 14.6 Å². The SMILES string of the molecule is COC(=O)O[C@H]1CC[C@@]2(C)C(=CCC3C2C(O)C[C@]2(C)C(=O)CCC32)C1. The summed E-state index contributed by atoms with van der Waals surface area (Å²) >= 11 is 0. The lowest BCUT2D eigenvalue weighted by molar-refractivity contribution is -0.145. The molecule has 3 saturated carbocycles. The molecule has 26 heavy (non-hydrogen) atoms. The predicted octanol–water partition coefficient (Wildman–Crippen LogP) is 3.64. The van der Waals surface area contributed by atoms with Gasteiger partial charge in [0.1, 0.15) is 11.9 Å². The van der Waals surface area contributed by atoms with Gasteiger partial charge in [0, 0.05) is 18.3 Å². The Morgan fingerprint density at radius 2 is 2.04 bits per heavy atom. The van der Waals surface area contributed by atoms with Crippen LogP contribution in [0.25, 0.3) is 0 Å².